The van der Waals surface area contributed by atoms with Crippen molar-refractivity contribution in [1.29, 1.82) is 5.26 Å². The summed E-state index contributed by atoms with van der Waals surface area (Å²) in [5.41, 5.74) is 0. The van der Waals surface area contributed by atoms with Crippen molar-refractivity contribution in [3.63, 3.8) is 0 Å². The fraction of sp³-hybridized carbons (Fsp3) is 0.727. The minimum Gasteiger partial charge on any atom is -0.197 e. The summed E-state index contributed by atoms with van der Waals surface area (Å²) in [6, 6.07) is 2.01. The minimum atomic E-state index is -4.13. The van der Waals surface area contributed by atoms with E-state index in [0.29, 0.717) is 12.8 Å². The molecule has 0 amide bonds. The summed E-state index contributed by atoms with van der Waals surface area (Å²) in [6.45, 7) is 0. The number of nitriles is 1. The third-order valence-corrected chi connectivity index (χ3v) is 3.07. The van der Waals surface area contributed by atoms with Gasteiger partial charge in [0.05, 0.1) is 17.7 Å². The first-order valence-electron chi connectivity index (χ1n) is 5.17. The Morgan fingerprint density at radius 1 is 1.28 bits per heavy atom. The smallest absolute Gasteiger partial charge is 0.197 e. The molecular weight excluding hydrogens is 267 g/mol. The van der Waals surface area contributed by atoms with Crippen LogP contribution in [0.4, 0.5) is 13.2 Å². The molecule has 0 aromatic rings. The van der Waals surface area contributed by atoms with Gasteiger partial charge in [-0.05, 0) is 12.8 Å². The molecule has 0 radical (unpaired) electrons. The lowest BCUT2D eigenvalue weighted by molar-refractivity contribution is -0.129. The van der Waals surface area contributed by atoms with Crippen LogP contribution in [0.5, 0.6) is 0 Å². The molecule has 7 heteroatoms. The zero-order chi connectivity index (χ0) is 14.4. The highest BCUT2D eigenvalue weighted by molar-refractivity contribution is 8.00. The lowest BCUT2D eigenvalue weighted by Gasteiger charge is -2.09. The first-order valence-corrected chi connectivity index (χ1v) is 6.22. The average molecular weight is 281 g/mol. The lowest BCUT2D eigenvalue weighted by Crippen LogP contribution is -2.10. The Morgan fingerprint density at radius 3 is 2.33 bits per heavy atom. The Hall–Kier alpha value is -1.21. The van der Waals surface area contributed by atoms with E-state index in [4.69, 9.17) is 21.6 Å². The third kappa shape index (κ3) is 14.8. The molecule has 0 bridgehead atoms. The molecule has 0 aliphatic heterocycles. The van der Waals surface area contributed by atoms with Crippen molar-refractivity contribution in [2.75, 3.05) is 5.75 Å². The molecule has 0 rings (SSSR count). The van der Waals surface area contributed by atoms with E-state index in [1.807, 2.05) is 6.07 Å². The summed E-state index contributed by atoms with van der Waals surface area (Å²) in [6.07, 6.45) is 2.99. The largest absolute Gasteiger partial charge is 0.389 e. The van der Waals surface area contributed by atoms with Crippen LogP contribution in [0.15, 0.2) is 0 Å². The van der Waals surface area contributed by atoms with Gasteiger partial charge in [-0.1, -0.05) is 6.42 Å². The van der Waals surface area contributed by atoms with Gasteiger partial charge in [-0.15, -0.1) is 24.1 Å². The van der Waals surface area contributed by atoms with Crippen LogP contribution in [0, 0.1) is 33.6 Å². The summed E-state index contributed by atoms with van der Waals surface area (Å²) in [5.74, 6) is 2.44. The van der Waals surface area contributed by atoms with Crippen LogP contribution in [0.1, 0.15) is 32.1 Å². The molecule has 0 N–H and O–H groups in total. The molecule has 0 heterocycles. The maximum Gasteiger partial charge on any atom is 0.389 e. The highest BCUT2D eigenvalue weighted by Crippen LogP contribution is 2.25. The second kappa shape index (κ2) is 12.3. The fourth-order valence-electron chi connectivity index (χ4n) is 1.06. The predicted molar refractivity (Wildman–Crippen MR) is 66.6 cm³/mol. The lowest BCUT2D eigenvalue weighted by atomic mass is 10.1. The van der Waals surface area contributed by atoms with Gasteiger partial charge in [0, 0.05) is 22.1 Å². The topological polar surface area (TPSA) is 57.9 Å². The van der Waals surface area contributed by atoms with Gasteiger partial charge < -0.3 is 0 Å². The monoisotopic (exact) mass is 281 g/mol. The number of halogens is 3. The number of alkyl halides is 3. The number of unbranched alkanes of at least 4 members (excludes halogenated alkanes) is 2. The number of nitrogens with zero attached hydrogens (tertiary/aromatic N) is 1. The van der Waals surface area contributed by atoms with Gasteiger partial charge >= 0.3 is 6.18 Å². The Kier molecular flexibility index (Phi) is 13.0. The molecule has 0 aromatic heterocycles. The number of hydrogen-bond acceptors (Lipinski definition) is 4. The first kappa shape index (κ1) is 19.1. The summed E-state index contributed by atoms with van der Waals surface area (Å²) < 4.78 is 35.5. The molecular formula is C11H14F3NO2S. The maximum absolute atomic E-state index is 11.8. The van der Waals surface area contributed by atoms with Gasteiger partial charge in [-0.2, -0.15) is 18.4 Å². The molecule has 18 heavy (non-hydrogen) atoms. The molecule has 1 atom stereocenters. The Morgan fingerprint density at radius 2 is 1.89 bits per heavy atom. The van der Waals surface area contributed by atoms with Gasteiger partial charge in [-0.25, -0.2) is 0 Å². The molecule has 0 aromatic carbocycles. The number of thioether (sulfide) groups is 1. The van der Waals surface area contributed by atoms with Crippen LogP contribution >= 0.6 is 11.8 Å². The molecule has 0 saturated carbocycles. The van der Waals surface area contributed by atoms with Crippen molar-refractivity contribution in [2.24, 2.45) is 0 Å². The number of hydrogen-bond donors (Lipinski definition) is 0. The van der Waals surface area contributed by atoms with E-state index < -0.39 is 12.6 Å². The summed E-state index contributed by atoms with van der Waals surface area (Å²) in [7, 11) is 0. The van der Waals surface area contributed by atoms with Crippen molar-refractivity contribution in [2.45, 2.75) is 43.5 Å². The first-order chi connectivity index (χ1) is 8.49. The van der Waals surface area contributed by atoms with Gasteiger partial charge in [0.25, 0.3) is 0 Å². The van der Waals surface area contributed by atoms with Gasteiger partial charge in [0.15, 0.2) is 0 Å². The van der Waals surface area contributed by atoms with Gasteiger partial charge in [0.1, 0.15) is 0 Å². The normalized spacial score (nSPS) is 11.6. The van der Waals surface area contributed by atoms with Crippen molar-refractivity contribution < 1.29 is 13.2 Å². The summed E-state index contributed by atoms with van der Waals surface area (Å²) in [4.78, 5) is 14.0. The highest BCUT2D eigenvalue weighted by Gasteiger charge is 2.26. The zero-order valence-electron chi connectivity index (χ0n) is 9.70. The van der Waals surface area contributed by atoms with Crippen molar-refractivity contribution in [3.05, 3.63) is 9.93 Å². The van der Waals surface area contributed by atoms with Crippen LogP contribution in [0.2, 0.25) is 0 Å². The number of terminal acetylenes is 1. The number of rotatable bonds is 7. The molecule has 0 aliphatic rings. The molecule has 1 unspecified atom stereocenters. The van der Waals surface area contributed by atoms with E-state index in [1.54, 1.807) is 0 Å². The van der Waals surface area contributed by atoms with Gasteiger partial charge in [0.2, 0.25) is 0 Å². The molecule has 102 valence electrons. The Balaban J connectivity index is 0. The summed E-state index contributed by atoms with van der Waals surface area (Å²) >= 11 is 1.07. The highest BCUT2D eigenvalue weighted by atomic mass is 32.2. The minimum absolute atomic E-state index is 0.0448. The quantitative estimate of drug-likeness (QED) is 0.525. The second-order valence-electron chi connectivity index (χ2n) is 3.30. The van der Waals surface area contributed by atoms with E-state index in [2.05, 4.69) is 5.92 Å². The van der Waals surface area contributed by atoms with Crippen LogP contribution < -0.4 is 0 Å². The zero-order valence-corrected chi connectivity index (χ0v) is 10.5. The van der Waals surface area contributed by atoms with E-state index in [-0.39, 0.29) is 11.0 Å². The van der Waals surface area contributed by atoms with E-state index >= 15 is 0 Å². The van der Waals surface area contributed by atoms with Gasteiger partial charge in [-0.3, -0.25) is 0 Å². The molecule has 0 spiro atoms. The second-order valence-corrected chi connectivity index (χ2v) is 4.61. The van der Waals surface area contributed by atoms with Crippen molar-refractivity contribution in [3.8, 4) is 18.4 Å². The maximum atomic E-state index is 11.8. The van der Waals surface area contributed by atoms with Crippen LogP contribution in [0.25, 0.3) is 0 Å². The van der Waals surface area contributed by atoms with Crippen LogP contribution in [-0.4, -0.2) is 17.2 Å². The molecule has 0 fully saturated rings. The van der Waals surface area contributed by atoms with Crippen molar-refractivity contribution in [1.82, 2.24) is 0 Å². The van der Waals surface area contributed by atoms with Crippen LogP contribution in [0.3, 0.4) is 0 Å². The third-order valence-electron chi connectivity index (χ3n) is 1.89. The fourth-order valence-corrected chi connectivity index (χ4v) is 2.10. The average Bonchev–Trinajstić information content (AvgIpc) is 2.33. The molecule has 0 saturated heterocycles. The predicted octanol–water partition coefficient (Wildman–Crippen LogP) is 3.82. The van der Waals surface area contributed by atoms with E-state index in [0.717, 1.165) is 24.6 Å². The van der Waals surface area contributed by atoms with Crippen LogP contribution in [-0.2, 0) is 0 Å². The standard InChI is InChI=1S/C11H14F3NS.O2/c1-2-3-4-5-6-10(9-15)16-8-7-11(12,13)14;1-2/h1,10H,3-8H2;. The SMILES string of the molecule is C#CCCCCC(C#N)SCCC(F)(F)F.O=O. The van der Waals surface area contributed by atoms with E-state index in [1.165, 1.54) is 0 Å². The Labute approximate surface area is 108 Å². The van der Waals surface area contributed by atoms with Crippen molar-refractivity contribution >= 4 is 11.8 Å². The molecule has 3 nitrogen and oxygen atoms in total. The Bertz CT molecular complexity index is 283. The van der Waals surface area contributed by atoms with E-state index in [9.17, 15) is 13.2 Å². The summed E-state index contributed by atoms with van der Waals surface area (Å²) in [5, 5.41) is 8.37. The molecule has 0 aliphatic carbocycles.